The van der Waals surface area contributed by atoms with Gasteiger partial charge in [-0.3, -0.25) is 4.68 Å². The Balaban J connectivity index is 2.40. The number of benzene rings is 1. The lowest BCUT2D eigenvalue weighted by Crippen LogP contribution is -2.10. The van der Waals surface area contributed by atoms with Crippen molar-refractivity contribution in [2.24, 2.45) is 0 Å². The molecule has 0 aliphatic carbocycles. The van der Waals surface area contributed by atoms with Crippen molar-refractivity contribution < 1.29 is 9.50 Å². The SMILES string of the molecule is CCn1nccc1C(O)c1ccc(C)cc1F. The van der Waals surface area contributed by atoms with Gasteiger partial charge in [-0.05, 0) is 31.5 Å². The van der Waals surface area contributed by atoms with Crippen molar-refractivity contribution in [3.8, 4) is 0 Å². The van der Waals surface area contributed by atoms with Crippen LogP contribution in [0.15, 0.2) is 30.5 Å². The Hall–Kier alpha value is -1.68. The summed E-state index contributed by atoms with van der Waals surface area (Å²) >= 11 is 0. The van der Waals surface area contributed by atoms with Crippen molar-refractivity contribution in [1.29, 1.82) is 0 Å². The summed E-state index contributed by atoms with van der Waals surface area (Å²) in [6, 6.07) is 6.52. The summed E-state index contributed by atoms with van der Waals surface area (Å²) in [6.07, 6.45) is 0.631. The van der Waals surface area contributed by atoms with E-state index in [1.807, 2.05) is 13.8 Å². The Bertz CT molecular complexity index is 522. The molecule has 0 spiro atoms. The zero-order valence-corrected chi connectivity index (χ0v) is 9.89. The highest BCUT2D eigenvalue weighted by atomic mass is 19.1. The smallest absolute Gasteiger partial charge is 0.129 e. The number of halogens is 1. The van der Waals surface area contributed by atoms with E-state index in [1.54, 1.807) is 29.1 Å². The number of aliphatic hydroxyl groups is 1. The molecular weight excluding hydrogens is 219 g/mol. The van der Waals surface area contributed by atoms with Crippen LogP contribution in [0.25, 0.3) is 0 Å². The van der Waals surface area contributed by atoms with E-state index in [9.17, 15) is 9.50 Å². The standard InChI is InChI=1S/C13H15FN2O/c1-3-16-12(6-7-15-16)13(17)10-5-4-9(2)8-11(10)14/h4-8,13,17H,3H2,1-2H3. The Labute approximate surface area is 99.5 Å². The molecule has 1 aromatic heterocycles. The van der Waals surface area contributed by atoms with Gasteiger partial charge >= 0.3 is 0 Å². The van der Waals surface area contributed by atoms with Crippen molar-refractivity contribution in [1.82, 2.24) is 9.78 Å². The number of aliphatic hydroxyl groups excluding tert-OH is 1. The maximum absolute atomic E-state index is 13.7. The van der Waals surface area contributed by atoms with E-state index in [0.717, 1.165) is 5.56 Å². The summed E-state index contributed by atoms with van der Waals surface area (Å²) < 4.78 is 15.4. The molecule has 1 N–H and O–H groups in total. The van der Waals surface area contributed by atoms with E-state index in [4.69, 9.17) is 0 Å². The molecule has 3 nitrogen and oxygen atoms in total. The number of rotatable bonds is 3. The molecule has 0 bridgehead atoms. The molecule has 0 amide bonds. The van der Waals surface area contributed by atoms with Gasteiger partial charge in [0.2, 0.25) is 0 Å². The van der Waals surface area contributed by atoms with Gasteiger partial charge in [-0.2, -0.15) is 5.10 Å². The number of aryl methyl sites for hydroxylation is 2. The number of aromatic nitrogens is 2. The first-order valence-corrected chi connectivity index (χ1v) is 5.59. The normalized spacial score (nSPS) is 12.7. The Morgan fingerprint density at radius 1 is 1.41 bits per heavy atom. The summed E-state index contributed by atoms with van der Waals surface area (Å²) in [5.74, 6) is -0.388. The number of nitrogens with zero attached hydrogens (tertiary/aromatic N) is 2. The summed E-state index contributed by atoms with van der Waals surface area (Å²) in [5, 5.41) is 14.2. The predicted octanol–water partition coefficient (Wildman–Crippen LogP) is 2.43. The minimum atomic E-state index is -0.974. The van der Waals surface area contributed by atoms with E-state index in [1.165, 1.54) is 6.07 Å². The highest BCUT2D eigenvalue weighted by molar-refractivity contribution is 5.30. The topological polar surface area (TPSA) is 38.0 Å². The van der Waals surface area contributed by atoms with Gasteiger partial charge in [0.25, 0.3) is 0 Å². The van der Waals surface area contributed by atoms with Gasteiger partial charge < -0.3 is 5.11 Å². The number of hydrogen-bond donors (Lipinski definition) is 1. The first-order valence-electron chi connectivity index (χ1n) is 5.59. The average molecular weight is 234 g/mol. The zero-order chi connectivity index (χ0) is 12.4. The molecule has 1 heterocycles. The molecule has 1 aromatic carbocycles. The first-order chi connectivity index (χ1) is 8.13. The van der Waals surface area contributed by atoms with Crippen LogP contribution in [0, 0.1) is 12.7 Å². The second kappa shape index (κ2) is 4.67. The predicted molar refractivity (Wildman–Crippen MR) is 63.1 cm³/mol. The second-order valence-corrected chi connectivity index (χ2v) is 4.00. The molecule has 2 aromatic rings. The third-order valence-electron chi connectivity index (χ3n) is 2.78. The van der Waals surface area contributed by atoms with Gasteiger partial charge in [-0.15, -0.1) is 0 Å². The maximum Gasteiger partial charge on any atom is 0.129 e. The highest BCUT2D eigenvalue weighted by Gasteiger charge is 2.18. The van der Waals surface area contributed by atoms with E-state index in [2.05, 4.69) is 5.10 Å². The van der Waals surface area contributed by atoms with Gasteiger partial charge in [-0.1, -0.05) is 12.1 Å². The average Bonchev–Trinajstić information content (AvgIpc) is 2.76. The van der Waals surface area contributed by atoms with Crippen molar-refractivity contribution >= 4 is 0 Å². The van der Waals surface area contributed by atoms with Gasteiger partial charge in [-0.25, -0.2) is 4.39 Å². The van der Waals surface area contributed by atoms with E-state index >= 15 is 0 Å². The molecule has 90 valence electrons. The number of hydrogen-bond acceptors (Lipinski definition) is 2. The molecule has 4 heteroatoms. The van der Waals surface area contributed by atoms with Crippen LogP contribution in [0.5, 0.6) is 0 Å². The largest absolute Gasteiger partial charge is 0.382 e. The molecule has 2 rings (SSSR count). The van der Waals surface area contributed by atoms with Crippen LogP contribution in [-0.4, -0.2) is 14.9 Å². The third kappa shape index (κ3) is 2.22. The molecule has 1 unspecified atom stereocenters. The Morgan fingerprint density at radius 2 is 2.18 bits per heavy atom. The van der Waals surface area contributed by atoms with Crippen LogP contribution in [-0.2, 0) is 6.54 Å². The fourth-order valence-electron chi connectivity index (χ4n) is 1.85. The molecule has 0 saturated heterocycles. The summed E-state index contributed by atoms with van der Waals surface area (Å²) in [5.41, 5.74) is 1.73. The summed E-state index contributed by atoms with van der Waals surface area (Å²) in [6.45, 7) is 4.39. The lowest BCUT2D eigenvalue weighted by molar-refractivity contribution is 0.203. The molecule has 17 heavy (non-hydrogen) atoms. The van der Waals surface area contributed by atoms with Crippen LogP contribution in [0.2, 0.25) is 0 Å². The molecule has 1 atom stereocenters. The van der Waals surface area contributed by atoms with Crippen molar-refractivity contribution in [3.05, 3.63) is 53.1 Å². The zero-order valence-electron chi connectivity index (χ0n) is 9.89. The van der Waals surface area contributed by atoms with Crippen molar-refractivity contribution in [2.45, 2.75) is 26.5 Å². The summed E-state index contributed by atoms with van der Waals surface area (Å²) in [4.78, 5) is 0. The Kier molecular flexibility index (Phi) is 3.24. The fraction of sp³-hybridized carbons (Fsp3) is 0.308. The lowest BCUT2D eigenvalue weighted by Gasteiger charge is -2.13. The maximum atomic E-state index is 13.7. The fourth-order valence-corrected chi connectivity index (χ4v) is 1.85. The molecule has 0 aliphatic rings. The minimum Gasteiger partial charge on any atom is -0.382 e. The third-order valence-corrected chi connectivity index (χ3v) is 2.78. The van der Waals surface area contributed by atoms with Crippen LogP contribution in [0.4, 0.5) is 4.39 Å². The highest BCUT2D eigenvalue weighted by Crippen LogP contribution is 2.24. The van der Waals surface area contributed by atoms with Crippen LogP contribution in [0.1, 0.15) is 29.8 Å². The minimum absolute atomic E-state index is 0.283. The van der Waals surface area contributed by atoms with Gasteiger partial charge in [0.1, 0.15) is 11.9 Å². The quantitative estimate of drug-likeness (QED) is 0.885. The van der Waals surface area contributed by atoms with Gasteiger partial charge in [0, 0.05) is 18.3 Å². The van der Waals surface area contributed by atoms with Gasteiger partial charge in [0.05, 0.1) is 5.69 Å². The second-order valence-electron chi connectivity index (χ2n) is 4.00. The first kappa shape index (κ1) is 11.8. The van der Waals surface area contributed by atoms with E-state index < -0.39 is 6.10 Å². The molecular formula is C13H15FN2O. The van der Waals surface area contributed by atoms with E-state index in [-0.39, 0.29) is 11.4 Å². The monoisotopic (exact) mass is 234 g/mol. The van der Waals surface area contributed by atoms with Gasteiger partial charge in [0.15, 0.2) is 0 Å². The Morgan fingerprint density at radius 3 is 2.82 bits per heavy atom. The van der Waals surface area contributed by atoms with Crippen LogP contribution >= 0.6 is 0 Å². The summed E-state index contributed by atoms with van der Waals surface area (Å²) in [7, 11) is 0. The van der Waals surface area contributed by atoms with Crippen molar-refractivity contribution in [3.63, 3.8) is 0 Å². The molecule has 0 fully saturated rings. The molecule has 0 radical (unpaired) electrons. The molecule has 0 aliphatic heterocycles. The van der Waals surface area contributed by atoms with Crippen LogP contribution in [0.3, 0.4) is 0 Å². The van der Waals surface area contributed by atoms with E-state index in [0.29, 0.717) is 12.2 Å². The lowest BCUT2D eigenvalue weighted by atomic mass is 10.0. The van der Waals surface area contributed by atoms with Crippen molar-refractivity contribution in [2.75, 3.05) is 0 Å². The van der Waals surface area contributed by atoms with Crippen LogP contribution < -0.4 is 0 Å². The molecule has 0 saturated carbocycles.